The Balaban J connectivity index is 2.91. The monoisotopic (exact) mass is 272 g/mol. The molecule has 0 aromatic heterocycles. The van der Waals surface area contributed by atoms with E-state index in [4.69, 9.17) is 22.0 Å². The number of benzene rings is 1. The molecule has 0 aliphatic rings. The van der Waals surface area contributed by atoms with Gasteiger partial charge in [-0.1, -0.05) is 23.7 Å². The lowest BCUT2D eigenvalue weighted by Crippen LogP contribution is -2.09. The number of aliphatic hydroxyl groups excluding tert-OH is 1. The van der Waals surface area contributed by atoms with Crippen molar-refractivity contribution in [3.05, 3.63) is 34.9 Å². The number of hydrogen-bond acceptors (Lipinski definition) is 4. The van der Waals surface area contributed by atoms with E-state index >= 15 is 0 Å². The van der Waals surface area contributed by atoms with E-state index < -0.39 is 9.73 Å². The van der Waals surface area contributed by atoms with E-state index in [1.807, 2.05) is 6.07 Å². The fourth-order valence-corrected chi connectivity index (χ4v) is 3.03. The molecule has 0 heterocycles. The third-order valence-corrected chi connectivity index (χ3v) is 4.29. The van der Waals surface area contributed by atoms with Crippen LogP contribution in [0, 0.1) is 11.3 Å². The summed E-state index contributed by atoms with van der Waals surface area (Å²) in [6.07, 6.45) is 0. The van der Waals surface area contributed by atoms with Gasteiger partial charge in [-0.3, -0.25) is 0 Å². The number of nitriles is 1. The first kappa shape index (κ1) is 14.0. The van der Waals surface area contributed by atoms with Crippen LogP contribution >= 0.6 is 11.6 Å². The van der Waals surface area contributed by atoms with Crippen LogP contribution in [-0.4, -0.2) is 28.2 Å². The Morgan fingerprint density at radius 1 is 1.41 bits per heavy atom. The Hall–Kier alpha value is -1.09. The van der Waals surface area contributed by atoms with Crippen LogP contribution in [0.3, 0.4) is 0 Å². The molecule has 1 aromatic rings. The van der Waals surface area contributed by atoms with Gasteiger partial charge in [-0.2, -0.15) is 5.26 Å². The van der Waals surface area contributed by atoms with Gasteiger partial charge in [0.25, 0.3) is 0 Å². The van der Waals surface area contributed by atoms with Crippen molar-refractivity contribution in [2.75, 3.05) is 18.9 Å². The summed E-state index contributed by atoms with van der Waals surface area (Å²) in [4.78, 5) is 0. The number of hydrogen-bond donors (Lipinski definition) is 1. The quantitative estimate of drug-likeness (QED) is 0.889. The predicted molar refractivity (Wildman–Crippen MR) is 68.2 cm³/mol. The van der Waals surface area contributed by atoms with Crippen LogP contribution in [0.4, 0.5) is 0 Å². The number of halogens is 1. The second-order valence-corrected chi connectivity index (χ2v) is 6.24. The molecule has 4 nitrogen and oxygen atoms in total. The topological polar surface area (TPSA) is 73.5 Å². The predicted octanol–water partition coefficient (Wildman–Crippen LogP) is 1.82. The van der Waals surface area contributed by atoms with E-state index in [0.29, 0.717) is 5.02 Å². The van der Waals surface area contributed by atoms with Gasteiger partial charge in [-0.05, 0) is 17.7 Å². The SMILES string of the molecule is N#CCS(=O)(Cc1ccc(Cl)cc1)=NCCO. The highest BCUT2D eigenvalue weighted by molar-refractivity contribution is 7.93. The third-order valence-electron chi connectivity index (χ3n) is 2.02. The van der Waals surface area contributed by atoms with Crippen molar-refractivity contribution >= 4 is 21.3 Å². The summed E-state index contributed by atoms with van der Waals surface area (Å²) in [6, 6.07) is 8.79. The van der Waals surface area contributed by atoms with E-state index in [9.17, 15) is 4.21 Å². The summed E-state index contributed by atoms with van der Waals surface area (Å²) < 4.78 is 16.2. The minimum Gasteiger partial charge on any atom is -0.394 e. The highest BCUT2D eigenvalue weighted by atomic mass is 35.5. The standard InChI is InChI=1S/C11H13ClN2O2S/c12-11-3-1-10(2-4-11)9-17(16,8-5-13)14-6-7-15/h1-4,15H,6-9H2. The molecule has 0 radical (unpaired) electrons. The summed E-state index contributed by atoms with van der Waals surface area (Å²) in [5.41, 5.74) is 0.816. The fraction of sp³-hybridized carbons (Fsp3) is 0.364. The first-order chi connectivity index (χ1) is 8.09. The Morgan fingerprint density at radius 2 is 2.06 bits per heavy atom. The van der Waals surface area contributed by atoms with Crippen molar-refractivity contribution in [1.82, 2.24) is 0 Å². The minimum atomic E-state index is -2.61. The highest BCUT2D eigenvalue weighted by Crippen LogP contribution is 2.13. The summed E-state index contributed by atoms with van der Waals surface area (Å²) in [7, 11) is -2.61. The first-order valence-electron chi connectivity index (χ1n) is 5.00. The van der Waals surface area contributed by atoms with Crippen molar-refractivity contribution in [1.29, 1.82) is 5.26 Å². The average Bonchev–Trinajstić information content (AvgIpc) is 2.30. The summed E-state index contributed by atoms with van der Waals surface area (Å²) in [5, 5.41) is 17.9. The van der Waals surface area contributed by atoms with Crippen LogP contribution in [0.1, 0.15) is 5.56 Å². The zero-order chi connectivity index (χ0) is 12.7. The van der Waals surface area contributed by atoms with Crippen molar-refractivity contribution in [2.24, 2.45) is 4.36 Å². The molecule has 1 atom stereocenters. The molecule has 6 heteroatoms. The van der Waals surface area contributed by atoms with E-state index in [-0.39, 0.29) is 24.7 Å². The first-order valence-corrected chi connectivity index (χ1v) is 7.23. The van der Waals surface area contributed by atoms with Crippen LogP contribution in [0.25, 0.3) is 0 Å². The lowest BCUT2D eigenvalue weighted by atomic mass is 10.2. The Kier molecular flexibility index (Phi) is 5.42. The molecule has 1 rings (SSSR count). The van der Waals surface area contributed by atoms with Crippen molar-refractivity contribution < 1.29 is 9.32 Å². The molecular formula is C11H13ClN2O2S. The number of aliphatic hydroxyl groups is 1. The normalized spacial score (nSPS) is 13.7. The summed E-state index contributed by atoms with van der Waals surface area (Å²) in [6.45, 7) is -0.0723. The molecule has 0 aliphatic heterocycles. The largest absolute Gasteiger partial charge is 0.394 e. The molecule has 0 saturated heterocycles. The van der Waals surface area contributed by atoms with Crippen LogP contribution < -0.4 is 0 Å². The molecule has 1 aromatic carbocycles. The fourth-order valence-electron chi connectivity index (χ4n) is 1.29. The zero-order valence-corrected chi connectivity index (χ0v) is 10.7. The van der Waals surface area contributed by atoms with Gasteiger partial charge in [0.1, 0.15) is 5.75 Å². The molecule has 1 unspecified atom stereocenters. The van der Waals surface area contributed by atoms with Crippen molar-refractivity contribution in [2.45, 2.75) is 5.75 Å². The van der Waals surface area contributed by atoms with Gasteiger partial charge in [0.2, 0.25) is 0 Å². The van der Waals surface area contributed by atoms with Gasteiger partial charge < -0.3 is 5.11 Å². The highest BCUT2D eigenvalue weighted by Gasteiger charge is 2.09. The van der Waals surface area contributed by atoms with Crippen LogP contribution in [0.15, 0.2) is 28.6 Å². The lowest BCUT2D eigenvalue weighted by Gasteiger charge is -2.06. The second-order valence-electron chi connectivity index (χ2n) is 3.42. The summed E-state index contributed by atoms with van der Waals surface area (Å²) >= 11 is 5.75. The smallest absolute Gasteiger partial charge is 0.119 e. The molecule has 0 aliphatic carbocycles. The van der Waals surface area contributed by atoms with Gasteiger partial charge in [0.15, 0.2) is 0 Å². The van der Waals surface area contributed by atoms with E-state index in [1.54, 1.807) is 24.3 Å². The zero-order valence-electron chi connectivity index (χ0n) is 9.17. The van der Waals surface area contributed by atoms with Crippen LogP contribution in [0.2, 0.25) is 5.02 Å². The minimum absolute atomic E-state index is 0.0914. The van der Waals surface area contributed by atoms with E-state index in [0.717, 1.165) is 5.56 Å². The number of nitrogens with zero attached hydrogens (tertiary/aromatic N) is 2. The molecule has 0 spiro atoms. The summed E-state index contributed by atoms with van der Waals surface area (Å²) in [5.74, 6) is 0.0767. The molecule has 92 valence electrons. The van der Waals surface area contributed by atoms with Gasteiger partial charge in [0, 0.05) is 5.02 Å². The van der Waals surface area contributed by atoms with Crippen LogP contribution in [-0.2, 0) is 15.5 Å². The van der Waals surface area contributed by atoms with Gasteiger partial charge in [0.05, 0.1) is 34.7 Å². The molecule has 0 saturated carbocycles. The Morgan fingerprint density at radius 3 is 2.59 bits per heavy atom. The van der Waals surface area contributed by atoms with Crippen molar-refractivity contribution in [3.8, 4) is 6.07 Å². The molecule has 0 fully saturated rings. The van der Waals surface area contributed by atoms with Gasteiger partial charge in [-0.15, -0.1) is 0 Å². The van der Waals surface area contributed by atoms with Crippen LogP contribution in [0.5, 0.6) is 0 Å². The van der Waals surface area contributed by atoms with E-state index in [2.05, 4.69) is 4.36 Å². The van der Waals surface area contributed by atoms with Crippen molar-refractivity contribution in [3.63, 3.8) is 0 Å². The second kappa shape index (κ2) is 6.60. The maximum atomic E-state index is 12.3. The van der Waals surface area contributed by atoms with Gasteiger partial charge >= 0.3 is 0 Å². The number of rotatable bonds is 5. The lowest BCUT2D eigenvalue weighted by molar-refractivity contribution is 0.307. The molecule has 0 bridgehead atoms. The van der Waals surface area contributed by atoms with Gasteiger partial charge in [-0.25, -0.2) is 8.57 Å². The Bertz CT molecular complexity index is 513. The molecule has 17 heavy (non-hydrogen) atoms. The molecular weight excluding hydrogens is 260 g/mol. The van der Waals surface area contributed by atoms with E-state index in [1.165, 1.54) is 0 Å². The molecule has 1 N–H and O–H groups in total. The Labute approximate surface area is 106 Å². The molecule has 0 amide bonds. The average molecular weight is 273 g/mol. The third kappa shape index (κ3) is 4.73. The maximum absolute atomic E-state index is 12.3. The maximum Gasteiger partial charge on any atom is 0.119 e.